The second kappa shape index (κ2) is 6.56. The Morgan fingerprint density at radius 1 is 1.43 bits per heavy atom. The van der Waals surface area contributed by atoms with Gasteiger partial charge >= 0.3 is 7.82 Å². The number of piperidine rings is 1. The maximum absolute atomic E-state index is 12.3. The molecule has 2 heterocycles. The van der Waals surface area contributed by atoms with Gasteiger partial charge in [0, 0.05) is 22.9 Å². The summed E-state index contributed by atoms with van der Waals surface area (Å²) in [7, 11) is -0.405. The smallest absolute Gasteiger partial charge is 0.473 e. The molecule has 28 heavy (non-hydrogen) atoms. The van der Waals surface area contributed by atoms with Gasteiger partial charge in [-0.3, -0.25) is 9.05 Å². The fourth-order valence-corrected chi connectivity index (χ4v) is 7.16. The predicted molar refractivity (Wildman–Crippen MR) is 106 cm³/mol. The van der Waals surface area contributed by atoms with Crippen molar-refractivity contribution in [3.63, 3.8) is 0 Å². The van der Waals surface area contributed by atoms with Crippen LogP contribution in [0.3, 0.4) is 0 Å². The second-order valence-corrected chi connectivity index (χ2v) is 9.76. The maximum atomic E-state index is 12.3. The van der Waals surface area contributed by atoms with E-state index in [-0.39, 0.29) is 16.8 Å². The number of alkyl halides is 1. The minimum atomic E-state index is -4.21. The van der Waals surface area contributed by atoms with Crippen LogP contribution in [0.1, 0.15) is 17.5 Å². The lowest BCUT2D eigenvalue weighted by Crippen LogP contribution is -2.65. The monoisotopic (exact) mass is 471 g/mol. The average molecular weight is 472 g/mol. The molecule has 1 spiro atoms. The highest BCUT2D eigenvalue weighted by molar-refractivity contribution is 9.09. The Morgan fingerprint density at radius 2 is 2.25 bits per heavy atom. The van der Waals surface area contributed by atoms with E-state index in [4.69, 9.17) is 18.5 Å². The van der Waals surface area contributed by atoms with Crippen molar-refractivity contribution in [3.8, 4) is 11.5 Å². The molecule has 2 aliphatic carbocycles. The molecule has 9 heteroatoms. The zero-order valence-corrected chi connectivity index (χ0v) is 18.2. The largest absolute Gasteiger partial charge is 0.493 e. The van der Waals surface area contributed by atoms with Crippen molar-refractivity contribution < 1.29 is 28.0 Å². The summed E-state index contributed by atoms with van der Waals surface area (Å²) in [6.45, 7) is 0.937. The highest BCUT2D eigenvalue weighted by atomic mass is 79.9. The Bertz CT molecular complexity index is 893. The molecule has 0 saturated carbocycles. The zero-order chi connectivity index (χ0) is 19.7. The van der Waals surface area contributed by atoms with Crippen LogP contribution in [0.15, 0.2) is 24.3 Å². The molecule has 152 valence electrons. The molecule has 1 unspecified atom stereocenters. The molecule has 6 atom stereocenters. The Morgan fingerprint density at radius 3 is 3.00 bits per heavy atom. The summed E-state index contributed by atoms with van der Waals surface area (Å²) in [5, 5.41) is 0. The zero-order valence-electron chi connectivity index (χ0n) is 15.7. The third-order valence-electron chi connectivity index (χ3n) is 6.80. The van der Waals surface area contributed by atoms with Gasteiger partial charge in [0.15, 0.2) is 11.5 Å². The summed E-state index contributed by atoms with van der Waals surface area (Å²) >= 11 is 3.02. The van der Waals surface area contributed by atoms with Crippen LogP contribution < -0.4 is 9.47 Å². The predicted octanol–water partition coefficient (Wildman–Crippen LogP) is 2.99. The van der Waals surface area contributed by atoms with Gasteiger partial charge in [-0.15, -0.1) is 0 Å². The minimum absolute atomic E-state index is 0.0818. The first-order chi connectivity index (χ1) is 13.4. The molecule has 2 bridgehead atoms. The lowest BCUT2D eigenvalue weighted by Gasteiger charge is -2.56. The van der Waals surface area contributed by atoms with E-state index in [1.165, 1.54) is 11.1 Å². The van der Waals surface area contributed by atoms with E-state index in [9.17, 15) is 9.46 Å². The molecule has 7 nitrogen and oxygen atoms in total. The summed E-state index contributed by atoms with van der Waals surface area (Å²) in [4.78, 5) is 12.5. The first-order valence-electron chi connectivity index (χ1n) is 9.38. The van der Waals surface area contributed by atoms with E-state index in [2.05, 4.69) is 40.0 Å². The van der Waals surface area contributed by atoms with Gasteiger partial charge < -0.3 is 19.3 Å². The van der Waals surface area contributed by atoms with Crippen LogP contribution >= 0.6 is 23.8 Å². The van der Waals surface area contributed by atoms with Crippen molar-refractivity contribution in [2.75, 3.05) is 26.2 Å². The first-order valence-corrected chi connectivity index (χ1v) is 12.0. The second-order valence-electron chi connectivity index (χ2n) is 7.90. The fraction of sp³-hybridized carbons (Fsp3) is 0.579. The van der Waals surface area contributed by atoms with Gasteiger partial charge in [-0.2, -0.15) is 0 Å². The van der Waals surface area contributed by atoms with Gasteiger partial charge in [0.05, 0.1) is 7.11 Å². The maximum Gasteiger partial charge on any atom is 0.473 e. The number of phosphoric acid groups is 1. The van der Waals surface area contributed by atoms with Crippen molar-refractivity contribution >= 4 is 23.8 Å². The van der Waals surface area contributed by atoms with Gasteiger partial charge in [0.2, 0.25) is 0 Å². The van der Waals surface area contributed by atoms with Crippen molar-refractivity contribution in [2.24, 2.45) is 5.92 Å². The number of likely N-dealkylation sites (N-methyl/N-ethyl adjacent to an activating group) is 1. The summed E-state index contributed by atoms with van der Waals surface area (Å²) < 4.78 is 34.8. The number of ether oxygens (including phenoxy) is 2. The number of hydrogen-bond donors (Lipinski definition) is 1. The molecule has 1 fully saturated rings. The molecule has 2 aliphatic heterocycles. The van der Waals surface area contributed by atoms with Gasteiger partial charge in [0.25, 0.3) is 0 Å². The molecule has 1 aromatic rings. The molecule has 5 rings (SSSR count). The number of phosphoric ester groups is 1. The Hall–Kier alpha value is -0.890. The quantitative estimate of drug-likeness (QED) is 0.401. The summed E-state index contributed by atoms with van der Waals surface area (Å²) in [6, 6.07) is 4.45. The van der Waals surface area contributed by atoms with Crippen LogP contribution in [-0.4, -0.2) is 54.3 Å². The first kappa shape index (κ1) is 19.1. The lowest BCUT2D eigenvalue weighted by molar-refractivity contribution is -0.0452. The normalized spacial score (nSPS) is 37.1. The van der Waals surface area contributed by atoms with Gasteiger partial charge in [-0.1, -0.05) is 34.1 Å². The van der Waals surface area contributed by atoms with Crippen LogP contribution in [0.4, 0.5) is 0 Å². The minimum Gasteiger partial charge on any atom is -0.493 e. The number of methoxy groups -OCH3 is 1. The number of rotatable bonds is 5. The van der Waals surface area contributed by atoms with Crippen LogP contribution in [0.2, 0.25) is 0 Å². The molecule has 0 amide bonds. The standard InChI is InChI=1S/C19H23BrNO6P/c1-21-8-7-19-12-4-6-15(27-28(22,23)25-10-20)18(19)26-17-14(24-2)5-3-11(16(17)19)9-13(12)21/h3-6,12-13,15,18H,7-10H2,1-2H3,(H,22,23)/t12-,13+,15-,18-,19-/m0/s1. The van der Waals surface area contributed by atoms with E-state index in [0.29, 0.717) is 11.8 Å². The van der Waals surface area contributed by atoms with E-state index < -0.39 is 20.0 Å². The summed E-state index contributed by atoms with van der Waals surface area (Å²) in [5.41, 5.74) is 2.09. The Labute approximate surface area is 172 Å². The van der Waals surface area contributed by atoms with Gasteiger partial charge in [0.1, 0.15) is 17.7 Å². The molecule has 1 aromatic carbocycles. The van der Waals surface area contributed by atoms with Crippen molar-refractivity contribution in [2.45, 2.75) is 36.5 Å². The lowest BCUT2D eigenvalue weighted by atomic mass is 9.53. The SMILES string of the molecule is COc1ccc2c3c1O[C@H]1[C@@H](OP(=O)(O)OCBr)C=C[C@H]4[C@@H](C2)N(C)CC[C@@]341. The molecule has 1 saturated heterocycles. The average Bonchev–Trinajstić information content (AvgIpc) is 3.00. The number of hydrogen-bond acceptors (Lipinski definition) is 6. The molecular formula is C19H23BrNO6P. The Kier molecular flexibility index (Phi) is 4.47. The van der Waals surface area contributed by atoms with Crippen molar-refractivity contribution in [1.82, 2.24) is 4.90 Å². The van der Waals surface area contributed by atoms with Crippen molar-refractivity contribution in [3.05, 3.63) is 35.4 Å². The van der Waals surface area contributed by atoms with E-state index in [0.717, 1.165) is 25.1 Å². The molecule has 4 aliphatic rings. The van der Waals surface area contributed by atoms with Crippen LogP contribution in [0, 0.1) is 5.92 Å². The Balaban J connectivity index is 1.65. The van der Waals surface area contributed by atoms with Crippen molar-refractivity contribution in [1.29, 1.82) is 0 Å². The fourth-order valence-electron chi connectivity index (χ4n) is 5.71. The number of likely N-dealkylation sites (tertiary alicyclic amines) is 1. The molecule has 1 N–H and O–H groups in total. The molecular weight excluding hydrogens is 449 g/mol. The van der Waals surface area contributed by atoms with Crippen LogP contribution in [0.25, 0.3) is 0 Å². The van der Waals surface area contributed by atoms with E-state index in [1.54, 1.807) is 7.11 Å². The molecule has 0 radical (unpaired) electrons. The number of halogens is 1. The van der Waals surface area contributed by atoms with Gasteiger partial charge in [-0.05, 0) is 38.1 Å². The number of nitrogens with zero attached hydrogens (tertiary/aromatic N) is 1. The summed E-state index contributed by atoms with van der Waals surface area (Å²) in [5.74, 6) is 1.71. The van der Waals surface area contributed by atoms with Gasteiger partial charge in [-0.25, -0.2) is 4.57 Å². The molecule has 0 aromatic heterocycles. The highest BCUT2D eigenvalue weighted by Crippen LogP contribution is 2.63. The van der Waals surface area contributed by atoms with E-state index in [1.807, 2.05) is 12.1 Å². The highest BCUT2D eigenvalue weighted by Gasteiger charge is 2.65. The number of benzene rings is 1. The third kappa shape index (κ3) is 2.52. The topological polar surface area (TPSA) is 77.5 Å². The van der Waals surface area contributed by atoms with Crippen LogP contribution in [-0.2, 0) is 25.4 Å². The van der Waals surface area contributed by atoms with Crippen LogP contribution in [0.5, 0.6) is 11.5 Å². The summed E-state index contributed by atoms with van der Waals surface area (Å²) in [6.07, 6.45) is 4.77. The van der Waals surface area contributed by atoms with E-state index >= 15 is 0 Å². The third-order valence-corrected chi connectivity index (χ3v) is 8.35.